The van der Waals surface area contributed by atoms with Crippen LogP contribution >= 0.6 is 0 Å². The van der Waals surface area contributed by atoms with E-state index >= 15 is 0 Å². The zero-order valence-electron chi connectivity index (χ0n) is 13.2. The van der Waals surface area contributed by atoms with Gasteiger partial charge in [-0.15, -0.1) is 0 Å². The molecule has 2 rings (SSSR count). The highest BCUT2D eigenvalue weighted by Gasteiger charge is 2.22. The van der Waals surface area contributed by atoms with Crippen molar-refractivity contribution in [2.45, 2.75) is 32.9 Å². The van der Waals surface area contributed by atoms with Gasteiger partial charge in [-0.1, -0.05) is 13.8 Å². The Kier molecular flexibility index (Phi) is 5.76. The van der Waals surface area contributed by atoms with Crippen molar-refractivity contribution in [3.05, 3.63) is 22.6 Å². The first-order valence-corrected chi connectivity index (χ1v) is 7.65. The second-order valence-corrected chi connectivity index (χ2v) is 5.97. The van der Waals surface area contributed by atoms with Gasteiger partial charge in [0.1, 0.15) is 0 Å². The molecule has 0 saturated carbocycles. The Labute approximate surface area is 126 Å². The molecule has 1 atom stereocenters. The van der Waals surface area contributed by atoms with Crippen LogP contribution < -0.4 is 15.8 Å². The Hall–Kier alpha value is -1.40. The molecular formula is C15H26N4O2. The predicted molar refractivity (Wildman–Crippen MR) is 83.8 cm³/mol. The molecule has 1 aliphatic heterocycles. The molecule has 0 bridgehead atoms. The fourth-order valence-electron chi connectivity index (χ4n) is 2.50. The van der Waals surface area contributed by atoms with Gasteiger partial charge in [-0.05, 0) is 18.9 Å². The lowest BCUT2D eigenvalue weighted by Gasteiger charge is -2.18. The van der Waals surface area contributed by atoms with Crippen LogP contribution in [0.2, 0.25) is 0 Å². The average Bonchev–Trinajstić information content (AvgIpc) is 2.93. The van der Waals surface area contributed by atoms with Crippen LogP contribution in [0.1, 0.15) is 20.3 Å². The third-order valence-electron chi connectivity index (χ3n) is 3.75. The van der Waals surface area contributed by atoms with E-state index in [1.54, 1.807) is 19.4 Å². The standard InChI is InChI=1S/C15H26N4O2/c1-12(2)9-16-5-7-19-15(20)8-13(10-17-19)18-6-4-14(11-18)21-3/h8,10,12,14,16H,4-7,9,11H2,1-3H3. The van der Waals surface area contributed by atoms with Gasteiger partial charge in [0, 0.05) is 32.8 Å². The highest BCUT2D eigenvalue weighted by Crippen LogP contribution is 2.19. The molecule has 6 heteroatoms. The Morgan fingerprint density at radius 1 is 1.52 bits per heavy atom. The van der Waals surface area contributed by atoms with E-state index in [2.05, 4.69) is 29.2 Å². The summed E-state index contributed by atoms with van der Waals surface area (Å²) >= 11 is 0. The molecule has 6 nitrogen and oxygen atoms in total. The maximum absolute atomic E-state index is 12.1. The number of nitrogens with one attached hydrogen (secondary N) is 1. The van der Waals surface area contributed by atoms with Crippen molar-refractivity contribution in [3.8, 4) is 0 Å². The number of nitrogens with zero attached hydrogens (tertiary/aromatic N) is 3. The van der Waals surface area contributed by atoms with Gasteiger partial charge in [0.25, 0.3) is 5.56 Å². The average molecular weight is 294 g/mol. The van der Waals surface area contributed by atoms with Gasteiger partial charge in [-0.2, -0.15) is 5.10 Å². The molecule has 118 valence electrons. The van der Waals surface area contributed by atoms with Crippen LogP contribution in [-0.4, -0.2) is 49.2 Å². The van der Waals surface area contributed by atoms with Crippen molar-refractivity contribution >= 4 is 5.69 Å². The number of methoxy groups -OCH3 is 1. The molecule has 0 aliphatic carbocycles. The number of hydrogen-bond acceptors (Lipinski definition) is 5. The summed E-state index contributed by atoms with van der Waals surface area (Å²) in [5.41, 5.74) is 0.852. The third kappa shape index (κ3) is 4.54. The maximum atomic E-state index is 12.1. The number of hydrogen-bond donors (Lipinski definition) is 1. The van der Waals surface area contributed by atoms with E-state index in [0.717, 1.165) is 38.3 Å². The topological polar surface area (TPSA) is 59.4 Å². The molecule has 0 amide bonds. The number of rotatable bonds is 7. The second-order valence-electron chi connectivity index (χ2n) is 5.97. The lowest BCUT2D eigenvalue weighted by molar-refractivity contribution is 0.121. The number of ether oxygens (including phenoxy) is 1. The van der Waals surface area contributed by atoms with Crippen LogP contribution in [-0.2, 0) is 11.3 Å². The van der Waals surface area contributed by atoms with Crippen LogP contribution in [0.3, 0.4) is 0 Å². The van der Waals surface area contributed by atoms with Gasteiger partial charge in [-0.25, -0.2) is 4.68 Å². The van der Waals surface area contributed by atoms with Crippen molar-refractivity contribution in [1.82, 2.24) is 15.1 Å². The van der Waals surface area contributed by atoms with Crippen molar-refractivity contribution in [3.63, 3.8) is 0 Å². The molecule has 1 aromatic heterocycles. The minimum atomic E-state index is -0.0419. The number of aromatic nitrogens is 2. The summed E-state index contributed by atoms with van der Waals surface area (Å²) in [6, 6.07) is 1.67. The molecule has 1 aliphatic rings. The fraction of sp³-hybridized carbons (Fsp3) is 0.733. The Morgan fingerprint density at radius 3 is 2.95 bits per heavy atom. The first-order chi connectivity index (χ1) is 10.1. The molecule has 2 heterocycles. The maximum Gasteiger partial charge on any atom is 0.268 e. The van der Waals surface area contributed by atoms with Crippen LogP contribution in [0.5, 0.6) is 0 Å². The molecule has 1 saturated heterocycles. The van der Waals surface area contributed by atoms with Gasteiger partial charge in [0.15, 0.2) is 0 Å². The summed E-state index contributed by atoms with van der Waals surface area (Å²) in [6.45, 7) is 8.40. The highest BCUT2D eigenvalue weighted by molar-refractivity contribution is 5.44. The van der Waals surface area contributed by atoms with E-state index in [4.69, 9.17) is 4.74 Å². The van der Waals surface area contributed by atoms with Gasteiger partial charge < -0.3 is 15.0 Å². The van der Waals surface area contributed by atoms with Crippen LogP contribution in [0.15, 0.2) is 17.1 Å². The molecule has 0 spiro atoms. The zero-order valence-corrected chi connectivity index (χ0v) is 13.2. The van der Waals surface area contributed by atoms with E-state index in [1.807, 2.05) is 0 Å². The van der Waals surface area contributed by atoms with Crippen LogP contribution in [0.4, 0.5) is 5.69 Å². The van der Waals surface area contributed by atoms with Crippen molar-refractivity contribution < 1.29 is 4.74 Å². The van der Waals surface area contributed by atoms with E-state index in [-0.39, 0.29) is 11.7 Å². The van der Waals surface area contributed by atoms with Crippen molar-refractivity contribution in [2.24, 2.45) is 5.92 Å². The Bertz CT molecular complexity index is 501. The van der Waals surface area contributed by atoms with E-state index in [1.165, 1.54) is 4.68 Å². The van der Waals surface area contributed by atoms with E-state index < -0.39 is 0 Å². The molecule has 1 aromatic rings. The SMILES string of the molecule is COC1CCN(c2cnn(CCNCC(C)C)c(=O)c2)C1. The lowest BCUT2D eigenvalue weighted by Crippen LogP contribution is -2.31. The zero-order chi connectivity index (χ0) is 15.2. The molecule has 1 N–H and O–H groups in total. The lowest BCUT2D eigenvalue weighted by atomic mass is 10.2. The quantitative estimate of drug-likeness (QED) is 0.751. The van der Waals surface area contributed by atoms with Gasteiger partial charge >= 0.3 is 0 Å². The van der Waals surface area contributed by atoms with E-state index in [0.29, 0.717) is 12.5 Å². The fourth-order valence-corrected chi connectivity index (χ4v) is 2.50. The van der Waals surface area contributed by atoms with Crippen molar-refractivity contribution in [2.75, 3.05) is 38.2 Å². The summed E-state index contributed by atoms with van der Waals surface area (Å²) in [6.07, 6.45) is 3.04. The number of anilines is 1. The normalized spacial score (nSPS) is 18.7. The first kappa shape index (κ1) is 16.0. The van der Waals surface area contributed by atoms with Crippen LogP contribution in [0, 0.1) is 5.92 Å². The minimum Gasteiger partial charge on any atom is -0.380 e. The summed E-state index contributed by atoms with van der Waals surface area (Å²) in [4.78, 5) is 14.2. The monoisotopic (exact) mass is 294 g/mol. The summed E-state index contributed by atoms with van der Waals surface area (Å²) in [5.74, 6) is 0.612. The minimum absolute atomic E-state index is 0.0419. The summed E-state index contributed by atoms with van der Waals surface area (Å²) in [7, 11) is 1.73. The highest BCUT2D eigenvalue weighted by atomic mass is 16.5. The first-order valence-electron chi connectivity index (χ1n) is 7.65. The van der Waals surface area contributed by atoms with Gasteiger partial charge in [-0.3, -0.25) is 4.79 Å². The predicted octanol–water partition coefficient (Wildman–Crippen LogP) is 0.714. The molecule has 0 radical (unpaired) electrons. The summed E-state index contributed by atoms with van der Waals surface area (Å²) in [5, 5.41) is 7.59. The largest absolute Gasteiger partial charge is 0.380 e. The molecular weight excluding hydrogens is 268 g/mol. The van der Waals surface area contributed by atoms with Gasteiger partial charge in [0.2, 0.25) is 0 Å². The second kappa shape index (κ2) is 7.56. The third-order valence-corrected chi connectivity index (χ3v) is 3.75. The van der Waals surface area contributed by atoms with E-state index in [9.17, 15) is 4.79 Å². The smallest absolute Gasteiger partial charge is 0.268 e. The molecule has 1 fully saturated rings. The molecule has 0 aromatic carbocycles. The van der Waals surface area contributed by atoms with Crippen molar-refractivity contribution in [1.29, 1.82) is 0 Å². The molecule has 1 unspecified atom stereocenters. The summed E-state index contributed by atoms with van der Waals surface area (Å²) < 4.78 is 6.86. The Morgan fingerprint density at radius 2 is 2.33 bits per heavy atom. The molecule has 21 heavy (non-hydrogen) atoms. The van der Waals surface area contributed by atoms with Gasteiger partial charge in [0.05, 0.1) is 24.5 Å². The Balaban J connectivity index is 1.90. The van der Waals surface area contributed by atoms with Crippen LogP contribution in [0.25, 0.3) is 0 Å².